The molecule has 0 saturated heterocycles. The number of hydrogen-bond donors (Lipinski definition) is 11. The van der Waals surface area contributed by atoms with Crippen molar-refractivity contribution in [3.05, 3.63) is 43.7 Å². The predicted octanol–water partition coefficient (Wildman–Crippen LogP) is 0.824. The van der Waals surface area contributed by atoms with Gasteiger partial charge in [0.25, 0.3) is 5.91 Å². The molecular formula is C37H45I6N3O16. The maximum atomic E-state index is 14.6. The highest BCUT2D eigenvalue weighted by atomic mass is 127. The highest BCUT2D eigenvalue weighted by molar-refractivity contribution is 14.1. The molecule has 5 unspecified atom stereocenters. The van der Waals surface area contributed by atoms with Crippen LogP contribution in [0.5, 0.6) is 0 Å². The number of benzene rings is 2. The topological polar surface area (TPSA) is 337 Å². The van der Waals surface area contributed by atoms with Gasteiger partial charge in [0.05, 0.1) is 97.2 Å². The maximum Gasteiger partial charge on any atom is 0.250 e. The van der Waals surface area contributed by atoms with E-state index in [0.717, 1.165) is 9.80 Å². The molecule has 5 atom stereocenters. The summed E-state index contributed by atoms with van der Waals surface area (Å²) in [6, 6.07) is 0. The van der Waals surface area contributed by atoms with E-state index in [-0.39, 0.29) is 93.6 Å². The third-order valence-electron chi connectivity index (χ3n) is 9.07. The van der Waals surface area contributed by atoms with Gasteiger partial charge in [-0.15, -0.1) is 0 Å². The lowest BCUT2D eigenvalue weighted by molar-refractivity contribution is -0.127. The lowest BCUT2D eigenvalue weighted by atomic mass is 9.97. The molecule has 0 bridgehead atoms. The van der Waals surface area contributed by atoms with Gasteiger partial charge in [-0.2, -0.15) is 0 Å². The highest BCUT2D eigenvalue weighted by Gasteiger charge is 2.37. The Bertz CT molecular complexity index is 1940. The van der Waals surface area contributed by atoms with Crippen molar-refractivity contribution in [1.29, 1.82) is 0 Å². The van der Waals surface area contributed by atoms with Crippen molar-refractivity contribution >= 4 is 182 Å². The number of primary amides is 1. The highest BCUT2D eigenvalue weighted by Crippen LogP contribution is 2.41. The summed E-state index contributed by atoms with van der Waals surface area (Å²) in [5, 5.41) is 99.1. The molecule has 25 heteroatoms. The molecule has 0 aliphatic heterocycles. The molecule has 2 aromatic carbocycles. The first-order valence-electron chi connectivity index (χ1n) is 18.4. The Kier molecular flexibility index (Phi) is 25.8. The van der Waals surface area contributed by atoms with Gasteiger partial charge >= 0.3 is 0 Å². The number of ketones is 3. The van der Waals surface area contributed by atoms with Gasteiger partial charge in [-0.1, -0.05) is 0 Å². The molecule has 12 N–H and O–H groups in total. The standard InChI is InChI=1S/C37H45I6N3O16/c38-29-25(20(57)4-1-15(52)10-47)31(40)35(32(41)26(29)21(58)5-2-16(53)11-48)45(8-18(55)13-50)23(60)7-24(61)46(9-19(56)14-51)36-33(42)27(22(59)6-3-17(54)12-49)30(39)28(34(36)43)37(44)62/h15-19,47-56H,1-14H2,(H2,44,62). The van der Waals surface area contributed by atoms with Gasteiger partial charge in [0.15, 0.2) is 17.3 Å². The Balaban J connectivity index is 2.97. The minimum Gasteiger partial charge on any atom is -0.394 e. The zero-order valence-corrected chi connectivity index (χ0v) is 45.4. The lowest BCUT2D eigenvalue weighted by Gasteiger charge is -2.32. The monoisotopic (exact) mass is 1550 g/mol. The van der Waals surface area contributed by atoms with Crippen LogP contribution in [0.15, 0.2) is 0 Å². The molecule has 0 aliphatic carbocycles. The van der Waals surface area contributed by atoms with E-state index in [0.29, 0.717) is 0 Å². The Morgan fingerprint density at radius 1 is 0.435 bits per heavy atom. The van der Waals surface area contributed by atoms with Crippen LogP contribution in [-0.2, 0) is 9.59 Å². The Hall–Kier alpha value is -0.160. The van der Waals surface area contributed by atoms with E-state index >= 15 is 0 Å². The second-order valence-corrected chi connectivity index (χ2v) is 20.2. The largest absolute Gasteiger partial charge is 0.394 e. The molecule has 2 aromatic rings. The van der Waals surface area contributed by atoms with Gasteiger partial charge in [-0.05, 0) is 155 Å². The molecule has 3 amide bonds. The first-order valence-corrected chi connectivity index (χ1v) is 24.9. The number of nitrogens with zero attached hydrogens (tertiary/aromatic N) is 2. The molecule has 0 aromatic heterocycles. The van der Waals surface area contributed by atoms with Crippen molar-refractivity contribution in [3.8, 4) is 0 Å². The van der Waals surface area contributed by atoms with Gasteiger partial charge in [0.2, 0.25) is 11.8 Å². The molecule has 0 spiro atoms. The van der Waals surface area contributed by atoms with Crippen molar-refractivity contribution in [1.82, 2.24) is 0 Å². The fourth-order valence-corrected chi connectivity index (χ4v) is 15.6. The van der Waals surface area contributed by atoms with E-state index in [1.807, 2.05) is 0 Å². The number of carbonyl (C=O) groups is 6. The van der Waals surface area contributed by atoms with E-state index in [1.54, 1.807) is 136 Å². The van der Waals surface area contributed by atoms with Crippen LogP contribution >= 0.6 is 136 Å². The van der Waals surface area contributed by atoms with Crippen molar-refractivity contribution in [3.63, 3.8) is 0 Å². The minimum absolute atomic E-state index is 0.0278. The average molecular weight is 1550 g/mol. The number of aliphatic hydroxyl groups is 10. The van der Waals surface area contributed by atoms with Gasteiger partial charge in [0.1, 0.15) is 6.42 Å². The summed E-state index contributed by atoms with van der Waals surface area (Å²) >= 11 is 10.5. The third kappa shape index (κ3) is 15.2. The van der Waals surface area contributed by atoms with Crippen LogP contribution in [0.3, 0.4) is 0 Å². The Morgan fingerprint density at radius 2 is 0.694 bits per heavy atom. The first kappa shape index (κ1) is 58.0. The van der Waals surface area contributed by atoms with Gasteiger partial charge in [-0.25, -0.2) is 0 Å². The van der Waals surface area contributed by atoms with Crippen LogP contribution in [-0.4, -0.2) is 163 Å². The van der Waals surface area contributed by atoms with Crippen LogP contribution < -0.4 is 15.5 Å². The Morgan fingerprint density at radius 3 is 0.952 bits per heavy atom. The number of nitrogens with two attached hydrogens (primary N) is 1. The fraction of sp³-hybridized carbons (Fsp3) is 0.514. The van der Waals surface area contributed by atoms with Crippen molar-refractivity contribution < 1.29 is 79.8 Å². The number of anilines is 2. The van der Waals surface area contributed by atoms with E-state index in [9.17, 15) is 79.8 Å². The Labute approximate surface area is 437 Å². The number of halogens is 6. The van der Waals surface area contributed by atoms with Crippen LogP contribution in [0.1, 0.15) is 86.4 Å². The molecule has 19 nitrogen and oxygen atoms in total. The number of hydrogen-bond acceptors (Lipinski definition) is 16. The van der Waals surface area contributed by atoms with Crippen LogP contribution in [0, 0.1) is 21.4 Å². The molecule has 2 rings (SSSR count). The van der Waals surface area contributed by atoms with Gasteiger partial charge in [-0.3, -0.25) is 28.8 Å². The fourth-order valence-electron chi connectivity index (χ4n) is 5.76. The predicted molar refractivity (Wildman–Crippen MR) is 273 cm³/mol. The molecule has 62 heavy (non-hydrogen) atoms. The molecule has 0 saturated carbocycles. The van der Waals surface area contributed by atoms with E-state index < -0.39 is 118 Å². The summed E-state index contributed by atoms with van der Waals surface area (Å²) in [7, 11) is 0. The molecule has 0 aliphatic rings. The van der Waals surface area contributed by atoms with Crippen molar-refractivity contribution in [2.24, 2.45) is 5.73 Å². The quantitative estimate of drug-likeness (QED) is 0.0353. The normalized spacial score (nSPS) is 13.9. The number of aliphatic hydroxyl groups excluding tert-OH is 10. The van der Waals surface area contributed by atoms with Gasteiger partial charge in [0, 0.05) is 53.8 Å². The van der Waals surface area contributed by atoms with Crippen LogP contribution in [0.25, 0.3) is 0 Å². The maximum absolute atomic E-state index is 14.6. The van der Waals surface area contributed by atoms with Crippen LogP contribution in [0.4, 0.5) is 11.4 Å². The summed E-state index contributed by atoms with van der Waals surface area (Å²) in [6.45, 7) is -5.09. The van der Waals surface area contributed by atoms with Gasteiger partial charge < -0.3 is 66.6 Å². The van der Waals surface area contributed by atoms with E-state index in [2.05, 4.69) is 0 Å². The van der Waals surface area contributed by atoms with Crippen LogP contribution in [0.2, 0.25) is 0 Å². The second-order valence-electron chi connectivity index (χ2n) is 13.7. The average Bonchev–Trinajstić information content (AvgIpc) is 3.22. The summed E-state index contributed by atoms with van der Waals surface area (Å²) in [6.07, 6.45) is -9.67. The molecular weight excluding hydrogens is 1500 g/mol. The lowest BCUT2D eigenvalue weighted by Crippen LogP contribution is -2.45. The molecule has 0 radical (unpaired) electrons. The SMILES string of the molecule is NC(=O)c1c(I)c(C(=O)CCC(O)CO)c(I)c(N(CC(O)CO)C(=O)CC(=O)N(CC(O)CO)c2c(I)c(C(=O)CCC(O)CO)c(I)c(C(=O)CCC(O)CO)c2I)c1I. The summed E-state index contributed by atoms with van der Waals surface area (Å²) < 4.78 is 0.447. The van der Waals surface area contributed by atoms with Crippen molar-refractivity contribution in [2.45, 2.75) is 75.5 Å². The number of Topliss-reactive ketones (excluding diaryl/α,β-unsaturated/α-hetero) is 3. The van der Waals surface area contributed by atoms with E-state index in [1.165, 1.54) is 0 Å². The third-order valence-corrected chi connectivity index (χ3v) is 15.4. The van der Waals surface area contributed by atoms with Crippen molar-refractivity contribution in [2.75, 3.05) is 55.9 Å². The number of rotatable bonds is 26. The molecule has 0 fully saturated rings. The summed E-state index contributed by atoms with van der Waals surface area (Å²) in [4.78, 5) is 85.1. The molecule has 0 heterocycles. The zero-order valence-electron chi connectivity index (χ0n) is 32.4. The summed E-state index contributed by atoms with van der Waals surface area (Å²) in [5.41, 5.74) is 5.02. The smallest absolute Gasteiger partial charge is 0.250 e. The zero-order chi connectivity index (χ0) is 47.3. The minimum atomic E-state index is -1.65. The van der Waals surface area contributed by atoms with E-state index in [4.69, 9.17) is 5.73 Å². The molecule has 346 valence electrons. The summed E-state index contributed by atoms with van der Waals surface area (Å²) in [5.74, 6) is -5.01. The number of carbonyl (C=O) groups excluding carboxylic acids is 6. The number of amides is 3. The first-order chi connectivity index (χ1) is 29.0. The second kappa shape index (κ2) is 27.6.